The Morgan fingerprint density at radius 2 is 0.717 bits per heavy atom. The van der Waals surface area contributed by atoms with Crippen LogP contribution in [0.5, 0.6) is 35.0 Å². The number of anilines is 12. The number of H-pyrrole nitrogens is 1. The van der Waals surface area contributed by atoms with E-state index in [1.807, 2.05) is 188 Å². The Balaban J connectivity index is 0.000000122. The van der Waals surface area contributed by atoms with E-state index in [1.54, 1.807) is 98.4 Å². The van der Waals surface area contributed by atoms with E-state index in [-0.39, 0.29) is 78.8 Å². The Kier molecular flexibility index (Phi) is 22.8. The third-order valence-corrected chi connectivity index (χ3v) is 23.6. The van der Waals surface area contributed by atoms with Crippen LogP contribution in [-0.4, -0.2) is 152 Å². The summed E-state index contributed by atoms with van der Waals surface area (Å²) in [6, 6.07) is 59.8. The van der Waals surface area contributed by atoms with Crippen LogP contribution in [0.2, 0.25) is 0 Å². The van der Waals surface area contributed by atoms with Gasteiger partial charge >= 0.3 is 24.1 Å². The summed E-state index contributed by atoms with van der Waals surface area (Å²) < 4.78 is 160. The zero-order valence-electron chi connectivity index (χ0n) is 80.5. The van der Waals surface area contributed by atoms with Crippen molar-refractivity contribution in [2.24, 2.45) is 28.2 Å². The summed E-state index contributed by atoms with van der Waals surface area (Å²) in [5, 5.41) is 22.1. The minimum absolute atomic E-state index is 0.0295. The molecule has 4 aliphatic rings. The minimum Gasteiger partial charge on any atom is -0.497 e. The van der Waals surface area contributed by atoms with Gasteiger partial charge in [-0.1, -0.05) is 0 Å². The van der Waals surface area contributed by atoms with Gasteiger partial charge in [0.05, 0.1) is 115 Å². The van der Waals surface area contributed by atoms with E-state index in [9.17, 15) is 45.5 Å². The van der Waals surface area contributed by atoms with E-state index in [0.29, 0.717) is 75.3 Å². The summed E-state index contributed by atoms with van der Waals surface area (Å²) in [6.07, 6.45) is -0.0860. The number of aromatic nitrogens is 14. The molecule has 22 rings (SSSR count). The largest absolute Gasteiger partial charge is 0.497 e. The Hall–Kier alpha value is -16.9. The van der Waals surface area contributed by atoms with Crippen molar-refractivity contribution in [3.05, 3.63) is 271 Å². The Bertz CT molecular complexity index is 7690. The van der Waals surface area contributed by atoms with Gasteiger partial charge in [0.25, 0.3) is 19.3 Å². The normalized spacial score (nSPS) is 14.7. The first kappa shape index (κ1) is 83.0. The zero-order valence-corrected chi connectivity index (χ0v) is 75.3. The fourth-order valence-corrected chi connectivity index (χ4v) is 17.1. The number of methoxy groups -OCH3 is 2. The number of aryl methyl sites for hydroxylation is 4. The number of urea groups is 4. The van der Waals surface area contributed by atoms with Crippen molar-refractivity contribution in [2.75, 3.05) is 66.5 Å². The highest BCUT2D eigenvalue weighted by atomic mass is 32.1. The first-order chi connectivity index (χ1) is 69.0. The summed E-state index contributed by atoms with van der Waals surface area (Å²) in [5.41, 5.74) is 14.5. The van der Waals surface area contributed by atoms with E-state index in [4.69, 9.17) is 36.6 Å². The molecule has 0 saturated heterocycles. The first-order valence-corrected chi connectivity index (χ1v) is 44.0. The van der Waals surface area contributed by atoms with Crippen LogP contribution in [0.1, 0.15) is 51.2 Å². The van der Waals surface area contributed by atoms with Gasteiger partial charge < -0.3 is 33.4 Å². The molecule has 700 valence electrons. The lowest BCUT2D eigenvalue weighted by Crippen LogP contribution is -2.45. The number of pyridine rings is 4. The molecule has 32 nitrogen and oxygen atoms in total. The van der Waals surface area contributed by atoms with Crippen LogP contribution in [0.4, 0.5) is 114 Å². The molecular weight excluding hydrogens is 1800 g/mol. The van der Waals surface area contributed by atoms with Crippen molar-refractivity contribution < 1.29 is 82.2 Å². The van der Waals surface area contributed by atoms with Crippen LogP contribution in [0, 0.1) is 0 Å². The van der Waals surface area contributed by atoms with Crippen LogP contribution < -0.4 is 67.6 Å². The second-order valence-corrected chi connectivity index (χ2v) is 33.6. The van der Waals surface area contributed by atoms with Gasteiger partial charge in [0.2, 0.25) is 23.5 Å². The third-order valence-electron chi connectivity index (χ3n) is 22.8. The number of rotatable bonds is 21. The van der Waals surface area contributed by atoms with Gasteiger partial charge in [-0.2, -0.15) is 40.3 Å². The summed E-state index contributed by atoms with van der Waals surface area (Å²) in [7, 11) is 2.15. The SMILES string of the molecule is Cn1cc2cc(N3Cc4ccc(OCC(F)F)nc4N(c4ccc5[nH]ccc5c4)C3=O)ccc2n1.Cn1cc2cc(N3Cc4ccc(OCC(F)F)nc4N(c4ccc5scnc5c4)C3=O)ccc2n1.[2H]C([2H])([2H])Oc1ccc(N2C(=O)N(c3ccc4nn(C)cc4c3)Cc3ccc(OC(C)C(F)F)nc32)cc1.[2H]C([2H])([2H])Oc1ccc(N2C(=O)N(c3ccc4nn(C)cc4c3)Cc3ccc(OC(C)C)nc32)cc1. The summed E-state index contributed by atoms with van der Waals surface area (Å²) in [4.78, 5) is 93.4. The van der Waals surface area contributed by atoms with Crippen LogP contribution in [0.15, 0.2) is 249 Å². The average Bonchev–Trinajstić information content (AvgIpc) is 0.815. The number of nitrogens with zero attached hydrogens (tertiary/aromatic N) is 21. The molecule has 0 radical (unpaired) electrons. The second-order valence-electron chi connectivity index (χ2n) is 32.7. The van der Waals surface area contributed by atoms with Gasteiger partial charge in [-0.25, -0.2) is 70.1 Å². The number of aromatic amines is 1. The lowest BCUT2D eigenvalue weighted by Gasteiger charge is -2.36. The predicted octanol–water partition coefficient (Wildman–Crippen LogP) is 21.2. The highest BCUT2D eigenvalue weighted by molar-refractivity contribution is 7.16. The molecule has 10 aromatic heterocycles. The average molecular weight is 1900 g/mol. The predicted molar refractivity (Wildman–Crippen MR) is 513 cm³/mol. The van der Waals surface area contributed by atoms with Crippen molar-refractivity contribution in [3.8, 4) is 35.0 Å². The molecule has 1 unspecified atom stereocenters. The van der Waals surface area contributed by atoms with Crippen LogP contribution in [0.25, 0.3) is 64.7 Å². The molecule has 4 aliphatic heterocycles. The molecule has 0 saturated carbocycles. The topological polar surface area (TPSA) is 301 Å². The standard InChI is InChI=1S/C25H20F2N6O2.C25H23F2N5O3.C25H25N5O3.C24H18F2N6O2S/c1-31-12-17-11-18(3-6-21(17)30-31)32-13-16-2-7-23(35-14-22(26)27)29-24(16)33(25(32)34)19-4-5-20-15(10-19)8-9-28-20;1-15(23(26)27)35-22-11-4-16-14-31(19-7-10-21-17(12-19)13-30(2)29-21)25(33)32(24(16)28-22)18-5-8-20(34-3)9-6-18;1-16(2)33-23-12-5-17-15-29(20-8-11-22-18(13-20)14-28(3)27-22)25(31)30(24(17)26-23)19-6-9-21(32-4)10-7-19;1-30-10-15-8-16(3-5-18(15)29-30)31-11-14-2-7-22(34-12-21(25)26)28-23(14)32(24(31)33)17-4-6-20-19(9-17)27-13-35-20/h2-12,22,28H,13-14H2,1H3;4-13,15,23H,14H2,1-3H3;5-14,16H,15H2,1-4H3;2-10,13,21H,11-12H2,1H3/i;3D3;4D3;. The number of carbonyl (C=O) groups is 4. The number of hydrogen-bond donors (Lipinski definition) is 1. The first-order valence-electron chi connectivity index (χ1n) is 46.1. The molecule has 138 heavy (non-hydrogen) atoms. The maximum absolute atomic E-state index is 13.9. The molecule has 0 aliphatic carbocycles. The number of amides is 8. The van der Waals surface area contributed by atoms with Crippen molar-refractivity contribution >= 4 is 169 Å². The van der Waals surface area contributed by atoms with E-state index in [2.05, 4.69) is 50.3 Å². The van der Waals surface area contributed by atoms with Gasteiger partial charge in [0.15, 0.2) is 19.3 Å². The molecule has 0 fully saturated rings. The monoisotopic (exact) mass is 1890 g/mol. The van der Waals surface area contributed by atoms with E-state index in [0.717, 1.165) is 87.1 Å². The quantitative estimate of drug-likeness (QED) is 0.0653. The van der Waals surface area contributed by atoms with E-state index < -0.39 is 58.7 Å². The molecule has 39 heteroatoms. The third kappa shape index (κ3) is 18.6. The zero-order chi connectivity index (χ0) is 101. The highest BCUT2D eigenvalue weighted by Crippen LogP contribution is 2.45. The fraction of sp³-hybridized carbons (Fsp3) is 0.202. The summed E-state index contributed by atoms with van der Waals surface area (Å²) in [6.45, 7) is 4.53. The minimum atomic E-state index is -2.71. The molecule has 0 bridgehead atoms. The number of fused-ring (bicyclic) bond motifs is 10. The molecule has 8 aromatic carbocycles. The number of ether oxygens (including phenoxy) is 6. The number of hydrogen-bond acceptors (Lipinski definition) is 20. The maximum Gasteiger partial charge on any atom is 0.335 e. The van der Waals surface area contributed by atoms with E-state index in [1.165, 1.54) is 80.3 Å². The van der Waals surface area contributed by atoms with Crippen molar-refractivity contribution in [1.29, 1.82) is 0 Å². The number of benzene rings is 8. The lowest BCUT2D eigenvalue weighted by molar-refractivity contribution is 0.0202. The van der Waals surface area contributed by atoms with Crippen LogP contribution in [0.3, 0.4) is 0 Å². The van der Waals surface area contributed by atoms with Gasteiger partial charge in [-0.3, -0.25) is 38.3 Å². The molecule has 1 atom stereocenters. The fourth-order valence-electron chi connectivity index (χ4n) is 16.4. The smallest absolute Gasteiger partial charge is 0.335 e. The number of halogens is 6. The number of alkyl halides is 6. The molecule has 0 spiro atoms. The molecule has 14 heterocycles. The molecule has 18 aromatic rings. The van der Waals surface area contributed by atoms with Gasteiger partial charge in [0, 0.05) is 161 Å². The Labute approximate surface area is 795 Å². The summed E-state index contributed by atoms with van der Waals surface area (Å²) >= 11 is 1.50. The maximum atomic E-state index is 13.9. The number of nitrogens with one attached hydrogen (secondary N) is 1. The van der Waals surface area contributed by atoms with Crippen LogP contribution in [-0.2, 0) is 54.4 Å². The second kappa shape index (κ2) is 37.9. The van der Waals surface area contributed by atoms with Crippen LogP contribution >= 0.6 is 11.3 Å². The van der Waals surface area contributed by atoms with Gasteiger partial charge in [-0.15, -0.1) is 11.3 Å². The lowest BCUT2D eigenvalue weighted by atomic mass is 10.1. The van der Waals surface area contributed by atoms with Crippen molar-refractivity contribution in [3.63, 3.8) is 0 Å². The summed E-state index contributed by atoms with van der Waals surface area (Å²) in [5.74, 6) is 2.07. The van der Waals surface area contributed by atoms with Gasteiger partial charge in [-0.05, 0) is 209 Å². The molecule has 8 amide bonds. The Morgan fingerprint density at radius 3 is 1.09 bits per heavy atom. The molecule has 1 N–H and O–H groups in total. The number of thiazole rings is 1. The van der Waals surface area contributed by atoms with Gasteiger partial charge in [0.1, 0.15) is 34.8 Å². The van der Waals surface area contributed by atoms with E-state index >= 15 is 0 Å². The number of carbonyl (C=O) groups excluding carboxylic acids is 4. The Morgan fingerprint density at radius 1 is 0.377 bits per heavy atom. The molecular formula is C99H86F6N22O10S. The highest BCUT2D eigenvalue weighted by Gasteiger charge is 2.40. The van der Waals surface area contributed by atoms with Crippen molar-refractivity contribution in [2.45, 2.75) is 78.4 Å². The van der Waals surface area contributed by atoms with Crippen molar-refractivity contribution in [1.82, 2.24) is 69.0 Å².